The number of benzene rings is 1. The van der Waals surface area contributed by atoms with Gasteiger partial charge in [0.05, 0.1) is 11.1 Å². The fraction of sp³-hybridized carbons (Fsp3) is 0.500. The van der Waals surface area contributed by atoms with E-state index in [9.17, 15) is 4.39 Å². The molecule has 0 saturated heterocycles. The summed E-state index contributed by atoms with van der Waals surface area (Å²) in [5.41, 5.74) is 6.23. The van der Waals surface area contributed by atoms with Crippen LogP contribution in [-0.4, -0.2) is 26.3 Å². The molecular weight excluding hydrogens is 287 g/mol. The minimum atomic E-state index is -0.273. The molecule has 0 aliphatic rings. The molecule has 3 N–H and O–H groups in total. The lowest BCUT2D eigenvalue weighted by Gasteiger charge is -2.19. The van der Waals surface area contributed by atoms with Gasteiger partial charge in [-0.3, -0.25) is 0 Å². The van der Waals surface area contributed by atoms with Gasteiger partial charge in [0.15, 0.2) is 0 Å². The topological polar surface area (TPSA) is 47.3 Å². The number of rotatable bonds is 7. The van der Waals surface area contributed by atoms with Crippen LogP contribution in [0, 0.1) is 5.82 Å². The first-order chi connectivity index (χ1) is 8.17. The molecule has 17 heavy (non-hydrogen) atoms. The monoisotopic (exact) mass is 304 g/mol. The van der Waals surface area contributed by atoms with Crippen molar-refractivity contribution in [3.8, 4) is 0 Å². The molecule has 0 fully saturated rings. The Morgan fingerprint density at radius 3 is 2.88 bits per heavy atom. The molecule has 1 aromatic rings. The van der Waals surface area contributed by atoms with E-state index < -0.39 is 0 Å². The van der Waals surface area contributed by atoms with Crippen LogP contribution in [0.5, 0.6) is 0 Å². The zero-order valence-electron chi connectivity index (χ0n) is 9.88. The molecule has 1 atom stereocenters. The number of anilines is 1. The van der Waals surface area contributed by atoms with Crippen molar-refractivity contribution in [1.29, 1.82) is 0 Å². The number of nitrogens with two attached hydrogens (primary N) is 1. The van der Waals surface area contributed by atoms with Crippen LogP contribution in [0.2, 0.25) is 0 Å². The van der Waals surface area contributed by atoms with E-state index in [1.54, 1.807) is 13.2 Å². The largest absolute Gasteiger partial charge is 0.383 e. The molecule has 3 nitrogen and oxygen atoms in total. The van der Waals surface area contributed by atoms with Gasteiger partial charge >= 0.3 is 0 Å². The lowest BCUT2D eigenvalue weighted by Crippen LogP contribution is -2.25. The van der Waals surface area contributed by atoms with Gasteiger partial charge < -0.3 is 15.8 Å². The van der Waals surface area contributed by atoms with Crippen molar-refractivity contribution in [3.63, 3.8) is 0 Å². The smallest absolute Gasteiger partial charge is 0.139 e. The van der Waals surface area contributed by atoms with Gasteiger partial charge in [0.2, 0.25) is 0 Å². The van der Waals surface area contributed by atoms with Crippen molar-refractivity contribution < 1.29 is 9.13 Å². The van der Waals surface area contributed by atoms with E-state index >= 15 is 0 Å². The molecule has 1 rings (SSSR count). The molecule has 0 aromatic heterocycles. The van der Waals surface area contributed by atoms with Crippen LogP contribution in [0.25, 0.3) is 0 Å². The Labute approximate surface area is 110 Å². The predicted octanol–water partition coefficient (Wildman–Crippen LogP) is 2.75. The molecule has 0 bridgehead atoms. The number of hydrogen-bond donors (Lipinski definition) is 2. The van der Waals surface area contributed by atoms with E-state index in [1.807, 2.05) is 6.07 Å². The number of hydrogen-bond acceptors (Lipinski definition) is 3. The summed E-state index contributed by atoms with van der Waals surface area (Å²) in [6.07, 6.45) is 1.82. The third kappa shape index (κ3) is 5.02. The Kier molecular flexibility index (Phi) is 6.47. The van der Waals surface area contributed by atoms with Crippen molar-refractivity contribution >= 4 is 21.6 Å². The number of nitrogens with one attached hydrogen (secondary N) is 1. The Hall–Kier alpha value is -0.650. The highest BCUT2D eigenvalue weighted by Gasteiger charge is 2.09. The molecule has 0 aliphatic carbocycles. The van der Waals surface area contributed by atoms with Gasteiger partial charge in [-0.2, -0.15) is 0 Å². The van der Waals surface area contributed by atoms with Crippen molar-refractivity contribution in [3.05, 3.63) is 28.5 Å². The Balaban J connectivity index is 2.61. The first-order valence-corrected chi connectivity index (χ1v) is 6.37. The minimum absolute atomic E-state index is 0.157. The van der Waals surface area contributed by atoms with E-state index in [-0.39, 0.29) is 11.9 Å². The molecule has 1 unspecified atom stereocenters. The van der Waals surface area contributed by atoms with E-state index in [1.165, 1.54) is 6.07 Å². The van der Waals surface area contributed by atoms with Crippen LogP contribution in [0.3, 0.4) is 0 Å². The average Bonchev–Trinajstić information content (AvgIpc) is 2.31. The third-order valence-corrected chi connectivity index (χ3v) is 3.06. The molecule has 1 aromatic carbocycles. The summed E-state index contributed by atoms with van der Waals surface area (Å²) >= 11 is 3.12. The molecule has 0 spiro atoms. The second kappa shape index (κ2) is 7.63. The van der Waals surface area contributed by atoms with Gasteiger partial charge in [-0.15, -0.1) is 0 Å². The molecule has 0 aliphatic heterocycles. The fourth-order valence-electron chi connectivity index (χ4n) is 1.58. The lowest BCUT2D eigenvalue weighted by molar-refractivity contribution is 0.182. The summed E-state index contributed by atoms with van der Waals surface area (Å²) in [6, 6.07) is 5.14. The molecular formula is C12H18BrFN2O. The summed E-state index contributed by atoms with van der Waals surface area (Å²) in [5, 5.41) is 3.24. The number of ether oxygens (including phenoxy) is 1. The summed E-state index contributed by atoms with van der Waals surface area (Å²) < 4.78 is 18.9. The zero-order chi connectivity index (χ0) is 12.7. The van der Waals surface area contributed by atoms with Gasteiger partial charge in [-0.25, -0.2) is 4.39 Å². The van der Waals surface area contributed by atoms with Gasteiger partial charge in [0, 0.05) is 18.8 Å². The van der Waals surface area contributed by atoms with Crippen LogP contribution in [-0.2, 0) is 4.74 Å². The standard InChI is InChI=1S/C12H18BrFN2O/c1-17-8-10(3-2-6-15)16-9-4-5-11(13)12(14)7-9/h4-5,7,10,16H,2-3,6,8,15H2,1H3. The Bertz CT molecular complexity index is 349. The van der Waals surface area contributed by atoms with Gasteiger partial charge in [0.1, 0.15) is 5.82 Å². The van der Waals surface area contributed by atoms with Crippen LogP contribution in [0.15, 0.2) is 22.7 Å². The molecule has 96 valence electrons. The average molecular weight is 305 g/mol. The Morgan fingerprint density at radius 1 is 1.53 bits per heavy atom. The molecule has 0 saturated carbocycles. The van der Waals surface area contributed by atoms with Crippen molar-refractivity contribution in [2.24, 2.45) is 5.73 Å². The summed E-state index contributed by atoms with van der Waals surface area (Å²) in [7, 11) is 1.65. The van der Waals surface area contributed by atoms with Crippen LogP contribution in [0.4, 0.5) is 10.1 Å². The fourth-order valence-corrected chi connectivity index (χ4v) is 1.83. The molecule has 0 amide bonds. The highest BCUT2D eigenvalue weighted by atomic mass is 79.9. The summed E-state index contributed by atoms with van der Waals surface area (Å²) in [5.74, 6) is -0.273. The second-order valence-corrected chi connectivity index (χ2v) is 4.71. The van der Waals surface area contributed by atoms with Crippen molar-refractivity contribution in [1.82, 2.24) is 0 Å². The van der Waals surface area contributed by atoms with E-state index in [4.69, 9.17) is 10.5 Å². The van der Waals surface area contributed by atoms with Gasteiger partial charge in [-0.05, 0) is 53.5 Å². The van der Waals surface area contributed by atoms with E-state index in [0.29, 0.717) is 17.6 Å². The first-order valence-electron chi connectivity index (χ1n) is 5.58. The second-order valence-electron chi connectivity index (χ2n) is 3.86. The van der Waals surface area contributed by atoms with Crippen LogP contribution >= 0.6 is 15.9 Å². The zero-order valence-corrected chi connectivity index (χ0v) is 11.5. The summed E-state index contributed by atoms with van der Waals surface area (Å²) in [6.45, 7) is 1.23. The minimum Gasteiger partial charge on any atom is -0.383 e. The third-order valence-electron chi connectivity index (χ3n) is 2.41. The van der Waals surface area contributed by atoms with Crippen molar-refractivity contribution in [2.45, 2.75) is 18.9 Å². The van der Waals surface area contributed by atoms with Crippen LogP contribution < -0.4 is 11.1 Å². The van der Waals surface area contributed by atoms with Gasteiger partial charge in [-0.1, -0.05) is 0 Å². The maximum Gasteiger partial charge on any atom is 0.139 e. The summed E-state index contributed by atoms with van der Waals surface area (Å²) in [4.78, 5) is 0. The molecule has 0 heterocycles. The quantitative estimate of drug-likeness (QED) is 0.814. The van der Waals surface area contributed by atoms with Crippen LogP contribution in [0.1, 0.15) is 12.8 Å². The maximum absolute atomic E-state index is 13.3. The van der Waals surface area contributed by atoms with Gasteiger partial charge in [0.25, 0.3) is 0 Å². The highest BCUT2D eigenvalue weighted by molar-refractivity contribution is 9.10. The maximum atomic E-state index is 13.3. The molecule has 5 heteroatoms. The Morgan fingerprint density at radius 2 is 2.29 bits per heavy atom. The first kappa shape index (κ1) is 14.4. The van der Waals surface area contributed by atoms with E-state index in [0.717, 1.165) is 18.5 Å². The normalized spacial score (nSPS) is 12.5. The van der Waals surface area contributed by atoms with E-state index in [2.05, 4.69) is 21.2 Å². The highest BCUT2D eigenvalue weighted by Crippen LogP contribution is 2.20. The lowest BCUT2D eigenvalue weighted by atomic mass is 10.1. The number of halogens is 2. The predicted molar refractivity (Wildman–Crippen MR) is 71.7 cm³/mol. The van der Waals surface area contributed by atoms with Crippen molar-refractivity contribution in [2.75, 3.05) is 25.6 Å². The molecule has 0 radical (unpaired) electrons. The number of methoxy groups -OCH3 is 1. The SMILES string of the molecule is COCC(CCCN)Nc1ccc(Br)c(F)c1.